The van der Waals surface area contributed by atoms with Gasteiger partial charge in [-0.1, -0.05) is 6.92 Å². The number of carbonyl (C=O) groups is 2. The SMILES string of the molecule is CCc1nc(N)c2c(n1)NC(=O)C2(C)C(N)=O. The van der Waals surface area contributed by atoms with Crippen LogP contribution in [0, 0.1) is 0 Å². The number of fused-ring (bicyclic) bond motifs is 1. The van der Waals surface area contributed by atoms with E-state index in [1.54, 1.807) is 0 Å². The molecule has 0 aliphatic carbocycles. The van der Waals surface area contributed by atoms with Gasteiger partial charge in [-0.05, 0) is 6.92 Å². The van der Waals surface area contributed by atoms with Crippen molar-refractivity contribution in [1.29, 1.82) is 0 Å². The van der Waals surface area contributed by atoms with Gasteiger partial charge >= 0.3 is 0 Å². The molecule has 0 saturated carbocycles. The first-order valence-corrected chi connectivity index (χ1v) is 5.19. The van der Waals surface area contributed by atoms with Crippen LogP contribution in [-0.2, 0) is 21.4 Å². The Bertz CT molecular complexity index is 528. The highest BCUT2D eigenvalue weighted by atomic mass is 16.2. The number of aromatic nitrogens is 2. The van der Waals surface area contributed by atoms with Crippen molar-refractivity contribution in [3.8, 4) is 0 Å². The standard InChI is InChI=1S/C10H13N5O2/c1-3-4-13-6(11)5-7(14-4)15-9(17)10(5,2)8(12)16/h3H2,1-2H3,(H2,12,16)(H3,11,13,14,15,17). The number of amides is 2. The Morgan fingerprint density at radius 1 is 1.47 bits per heavy atom. The van der Waals surface area contributed by atoms with Gasteiger partial charge in [-0.25, -0.2) is 9.97 Å². The first kappa shape index (κ1) is 11.3. The summed E-state index contributed by atoms with van der Waals surface area (Å²) in [7, 11) is 0. The molecule has 0 spiro atoms. The second-order valence-electron chi connectivity index (χ2n) is 4.05. The van der Waals surface area contributed by atoms with E-state index in [0.29, 0.717) is 12.2 Å². The van der Waals surface area contributed by atoms with E-state index in [-0.39, 0.29) is 17.2 Å². The van der Waals surface area contributed by atoms with Crippen LogP contribution in [0.2, 0.25) is 0 Å². The molecule has 2 heterocycles. The van der Waals surface area contributed by atoms with E-state index in [9.17, 15) is 9.59 Å². The summed E-state index contributed by atoms with van der Waals surface area (Å²) >= 11 is 0. The summed E-state index contributed by atoms with van der Waals surface area (Å²) in [5, 5.41) is 2.51. The predicted molar refractivity (Wildman–Crippen MR) is 61.0 cm³/mol. The van der Waals surface area contributed by atoms with Crippen LogP contribution in [0.3, 0.4) is 0 Å². The van der Waals surface area contributed by atoms with Crippen molar-refractivity contribution in [1.82, 2.24) is 9.97 Å². The van der Waals surface area contributed by atoms with Gasteiger partial charge in [-0.15, -0.1) is 0 Å². The van der Waals surface area contributed by atoms with Gasteiger partial charge in [0.15, 0.2) is 5.41 Å². The van der Waals surface area contributed by atoms with Gasteiger partial charge in [0.25, 0.3) is 0 Å². The first-order chi connectivity index (χ1) is 7.91. The molecule has 0 aromatic carbocycles. The number of rotatable bonds is 2. The van der Waals surface area contributed by atoms with E-state index in [1.807, 2.05) is 6.92 Å². The van der Waals surface area contributed by atoms with Crippen molar-refractivity contribution in [3.05, 3.63) is 11.4 Å². The molecule has 7 nitrogen and oxygen atoms in total. The molecule has 17 heavy (non-hydrogen) atoms. The molecule has 1 aliphatic heterocycles. The topological polar surface area (TPSA) is 124 Å². The number of nitrogen functional groups attached to an aromatic ring is 1. The summed E-state index contributed by atoms with van der Waals surface area (Å²) in [6.07, 6.45) is 0.584. The molecule has 0 saturated heterocycles. The molecule has 0 fully saturated rings. The highest BCUT2D eigenvalue weighted by molar-refractivity contribution is 6.20. The summed E-state index contributed by atoms with van der Waals surface area (Å²) < 4.78 is 0. The van der Waals surface area contributed by atoms with Crippen molar-refractivity contribution in [2.24, 2.45) is 5.73 Å². The Morgan fingerprint density at radius 3 is 2.65 bits per heavy atom. The van der Waals surface area contributed by atoms with Crippen LogP contribution < -0.4 is 16.8 Å². The van der Waals surface area contributed by atoms with Gasteiger partial charge in [-0.3, -0.25) is 9.59 Å². The molecule has 1 aliphatic rings. The van der Waals surface area contributed by atoms with Crippen LogP contribution in [0.4, 0.5) is 11.6 Å². The molecular formula is C10H13N5O2. The first-order valence-electron chi connectivity index (χ1n) is 5.19. The Morgan fingerprint density at radius 2 is 2.12 bits per heavy atom. The Balaban J connectivity index is 2.70. The number of carbonyl (C=O) groups excluding carboxylic acids is 2. The molecule has 90 valence electrons. The van der Waals surface area contributed by atoms with Crippen LogP contribution in [-0.4, -0.2) is 21.8 Å². The number of hydrogen-bond donors (Lipinski definition) is 3. The van der Waals surface area contributed by atoms with Crippen molar-refractivity contribution in [3.63, 3.8) is 0 Å². The lowest BCUT2D eigenvalue weighted by atomic mass is 9.84. The third-order valence-electron chi connectivity index (χ3n) is 2.98. The minimum absolute atomic E-state index is 0.117. The van der Waals surface area contributed by atoms with Crippen LogP contribution >= 0.6 is 0 Å². The van der Waals surface area contributed by atoms with E-state index >= 15 is 0 Å². The van der Waals surface area contributed by atoms with Gasteiger partial charge < -0.3 is 16.8 Å². The van der Waals surface area contributed by atoms with Crippen molar-refractivity contribution in [2.75, 3.05) is 11.1 Å². The summed E-state index contributed by atoms with van der Waals surface area (Å²) in [6.45, 7) is 3.28. The van der Waals surface area contributed by atoms with Gasteiger partial charge in [0.2, 0.25) is 11.8 Å². The Hall–Kier alpha value is -2.18. The summed E-state index contributed by atoms with van der Waals surface area (Å²) in [4.78, 5) is 31.4. The molecule has 7 heteroatoms. The fourth-order valence-electron chi connectivity index (χ4n) is 1.85. The second-order valence-corrected chi connectivity index (χ2v) is 4.05. The van der Waals surface area contributed by atoms with E-state index in [1.165, 1.54) is 6.92 Å². The monoisotopic (exact) mass is 235 g/mol. The Labute approximate surface area is 97.6 Å². The zero-order chi connectivity index (χ0) is 12.8. The van der Waals surface area contributed by atoms with Crippen molar-refractivity contribution >= 4 is 23.5 Å². The lowest BCUT2D eigenvalue weighted by Gasteiger charge is -2.18. The molecule has 1 aromatic heterocycles. The highest BCUT2D eigenvalue weighted by Gasteiger charge is 2.50. The summed E-state index contributed by atoms with van der Waals surface area (Å²) in [6, 6.07) is 0. The van der Waals surface area contributed by atoms with Crippen LogP contribution in [0.25, 0.3) is 0 Å². The molecular weight excluding hydrogens is 222 g/mol. The van der Waals surface area contributed by atoms with E-state index < -0.39 is 17.2 Å². The zero-order valence-corrected chi connectivity index (χ0v) is 9.57. The summed E-state index contributed by atoms with van der Waals surface area (Å²) in [5.74, 6) is -0.384. The number of aryl methyl sites for hydroxylation is 1. The van der Waals surface area contributed by atoms with Gasteiger partial charge in [0, 0.05) is 6.42 Å². The third kappa shape index (κ3) is 1.35. The highest BCUT2D eigenvalue weighted by Crippen LogP contribution is 2.39. The van der Waals surface area contributed by atoms with Crippen molar-refractivity contribution < 1.29 is 9.59 Å². The fourth-order valence-corrected chi connectivity index (χ4v) is 1.85. The molecule has 1 aromatic rings. The van der Waals surface area contributed by atoms with Gasteiger partial charge in [0.05, 0.1) is 5.56 Å². The van der Waals surface area contributed by atoms with Gasteiger partial charge in [0.1, 0.15) is 17.5 Å². The third-order valence-corrected chi connectivity index (χ3v) is 2.98. The van der Waals surface area contributed by atoms with E-state index in [2.05, 4.69) is 15.3 Å². The van der Waals surface area contributed by atoms with E-state index in [0.717, 1.165) is 0 Å². The second kappa shape index (κ2) is 3.41. The maximum Gasteiger partial charge on any atom is 0.245 e. The van der Waals surface area contributed by atoms with Crippen LogP contribution in [0.15, 0.2) is 0 Å². The quantitative estimate of drug-likeness (QED) is 0.585. The smallest absolute Gasteiger partial charge is 0.245 e. The molecule has 1 atom stereocenters. The maximum absolute atomic E-state index is 11.8. The average molecular weight is 235 g/mol. The molecule has 0 bridgehead atoms. The number of nitrogens with zero attached hydrogens (tertiary/aromatic N) is 2. The molecule has 2 amide bonds. The number of hydrogen-bond acceptors (Lipinski definition) is 5. The Kier molecular flexibility index (Phi) is 2.27. The number of primary amides is 1. The summed E-state index contributed by atoms with van der Waals surface area (Å²) in [5.41, 5.74) is 9.81. The predicted octanol–water partition coefficient (Wildman–Crippen LogP) is -0.684. The van der Waals surface area contributed by atoms with Crippen LogP contribution in [0.1, 0.15) is 25.2 Å². The van der Waals surface area contributed by atoms with Crippen molar-refractivity contribution in [2.45, 2.75) is 25.7 Å². The molecule has 0 radical (unpaired) electrons. The number of nitrogens with one attached hydrogen (secondary N) is 1. The number of nitrogens with two attached hydrogens (primary N) is 2. The lowest BCUT2D eigenvalue weighted by molar-refractivity contribution is -0.131. The normalized spacial score (nSPS) is 22.1. The minimum atomic E-state index is -1.49. The van der Waals surface area contributed by atoms with Gasteiger partial charge in [-0.2, -0.15) is 0 Å². The average Bonchev–Trinajstić information content (AvgIpc) is 2.52. The lowest BCUT2D eigenvalue weighted by Crippen LogP contribution is -2.44. The molecule has 1 unspecified atom stereocenters. The maximum atomic E-state index is 11.8. The van der Waals surface area contributed by atoms with Crippen LogP contribution in [0.5, 0.6) is 0 Å². The van der Waals surface area contributed by atoms with E-state index in [4.69, 9.17) is 11.5 Å². The molecule has 5 N–H and O–H groups in total. The molecule has 2 rings (SSSR count). The number of anilines is 2. The zero-order valence-electron chi connectivity index (χ0n) is 9.57. The fraction of sp³-hybridized carbons (Fsp3) is 0.400. The largest absolute Gasteiger partial charge is 0.383 e. The minimum Gasteiger partial charge on any atom is -0.383 e.